The van der Waals surface area contributed by atoms with Gasteiger partial charge in [-0.1, -0.05) is 6.07 Å². The first kappa shape index (κ1) is 13.2. The van der Waals surface area contributed by atoms with Crippen molar-refractivity contribution < 1.29 is 14.2 Å². The first-order valence-corrected chi connectivity index (χ1v) is 6.40. The molecule has 1 unspecified atom stereocenters. The number of benzene rings is 1. The van der Waals surface area contributed by atoms with Crippen LogP contribution in [0.4, 0.5) is 0 Å². The molecule has 1 N–H and O–H groups in total. The van der Waals surface area contributed by atoms with E-state index >= 15 is 0 Å². The zero-order valence-corrected chi connectivity index (χ0v) is 11.2. The summed E-state index contributed by atoms with van der Waals surface area (Å²) in [5, 5.41) is 3.15. The Morgan fingerprint density at radius 1 is 1.22 bits per heavy atom. The van der Waals surface area contributed by atoms with E-state index in [0.717, 1.165) is 23.6 Å². The summed E-state index contributed by atoms with van der Waals surface area (Å²) in [6, 6.07) is 6.01. The van der Waals surface area contributed by atoms with Crippen LogP contribution in [0.3, 0.4) is 0 Å². The molecule has 0 radical (unpaired) electrons. The van der Waals surface area contributed by atoms with E-state index in [1.165, 1.54) is 0 Å². The molecule has 0 aliphatic carbocycles. The van der Waals surface area contributed by atoms with Crippen molar-refractivity contribution in [3.05, 3.63) is 23.8 Å². The number of likely N-dealkylation sites (N-methyl/N-ethyl adjacent to an activating group) is 1. The van der Waals surface area contributed by atoms with E-state index < -0.39 is 0 Å². The van der Waals surface area contributed by atoms with Gasteiger partial charge in [0.2, 0.25) is 0 Å². The van der Waals surface area contributed by atoms with E-state index in [4.69, 9.17) is 14.2 Å². The monoisotopic (exact) mass is 251 g/mol. The van der Waals surface area contributed by atoms with Gasteiger partial charge < -0.3 is 19.5 Å². The molecule has 1 aliphatic heterocycles. The quantitative estimate of drug-likeness (QED) is 0.870. The van der Waals surface area contributed by atoms with Crippen LogP contribution < -0.4 is 14.8 Å². The van der Waals surface area contributed by atoms with Crippen LogP contribution in [-0.2, 0) is 4.74 Å². The van der Waals surface area contributed by atoms with Crippen LogP contribution in [0.5, 0.6) is 11.5 Å². The molecule has 0 spiro atoms. The van der Waals surface area contributed by atoms with Gasteiger partial charge in [0.25, 0.3) is 0 Å². The zero-order chi connectivity index (χ0) is 13.0. The fraction of sp³-hybridized carbons (Fsp3) is 0.571. The lowest BCUT2D eigenvalue weighted by atomic mass is 10.1. The minimum atomic E-state index is 0.0332. The van der Waals surface area contributed by atoms with Crippen molar-refractivity contribution >= 4 is 0 Å². The predicted molar refractivity (Wildman–Crippen MR) is 70.3 cm³/mol. The van der Waals surface area contributed by atoms with Crippen LogP contribution in [0.15, 0.2) is 18.2 Å². The van der Waals surface area contributed by atoms with Gasteiger partial charge in [-0.05, 0) is 38.6 Å². The molecule has 4 nitrogen and oxygen atoms in total. The van der Waals surface area contributed by atoms with Crippen molar-refractivity contribution in [1.82, 2.24) is 5.32 Å². The van der Waals surface area contributed by atoms with Crippen LogP contribution in [0.2, 0.25) is 0 Å². The Hall–Kier alpha value is -1.26. The minimum absolute atomic E-state index is 0.0332. The fourth-order valence-corrected chi connectivity index (χ4v) is 2.02. The van der Waals surface area contributed by atoms with Crippen LogP contribution in [0, 0.1) is 0 Å². The molecule has 0 amide bonds. The maximum atomic E-state index is 5.91. The van der Waals surface area contributed by atoms with Gasteiger partial charge in [-0.2, -0.15) is 0 Å². The van der Waals surface area contributed by atoms with Gasteiger partial charge in [0.1, 0.15) is 13.2 Å². The van der Waals surface area contributed by atoms with Gasteiger partial charge in [0.15, 0.2) is 11.5 Å². The molecular formula is C14H21NO3. The van der Waals surface area contributed by atoms with E-state index in [0.29, 0.717) is 13.2 Å². The lowest BCUT2D eigenvalue weighted by Crippen LogP contribution is -2.23. The largest absolute Gasteiger partial charge is 0.486 e. The molecule has 1 heterocycles. The Kier molecular flexibility index (Phi) is 4.44. The minimum Gasteiger partial charge on any atom is -0.486 e. The molecule has 0 fully saturated rings. The molecule has 1 atom stereocenters. The summed E-state index contributed by atoms with van der Waals surface area (Å²) in [5.41, 5.74) is 1.11. The van der Waals surface area contributed by atoms with Gasteiger partial charge in [0, 0.05) is 6.54 Å². The topological polar surface area (TPSA) is 39.7 Å². The van der Waals surface area contributed by atoms with Crippen molar-refractivity contribution in [3.8, 4) is 11.5 Å². The second-order valence-corrected chi connectivity index (χ2v) is 4.63. The summed E-state index contributed by atoms with van der Waals surface area (Å²) in [4.78, 5) is 0. The summed E-state index contributed by atoms with van der Waals surface area (Å²) in [6.45, 7) is 6.09. The van der Waals surface area contributed by atoms with E-state index in [-0.39, 0.29) is 12.2 Å². The Labute approximate surface area is 108 Å². The highest BCUT2D eigenvalue weighted by Crippen LogP contribution is 2.33. The van der Waals surface area contributed by atoms with Crippen molar-refractivity contribution in [2.45, 2.75) is 26.1 Å². The molecule has 1 aromatic carbocycles. The third-order valence-electron chi connectivity index (χ3n) is 2.76. The zero-order valence-electron chi connectivity index (χ0n) is 11.2. The molecule has 18 heavy (non-hydrogen) atoms. The van der Waals surface area contributed by atoms with Crippen LogP contribution in [-0.4, -0.2) is 32.9 Å². The molecule has 100 valence electrons. The Morgan fingerprint density at radius 2 is 1.94 bits per heavy atom. The van der Waals surface area contributed by atoms with Gasteiger partial charge in [-0.15, -0.1) is 0 Å². The molecule has 0 aromatic heterocycles. The Bertz CT molecular complexity index is 393. The van der Waals surface area contributed by atoms with E-state index in [1.54, 1.807) is 0 Å². The maximum Gasteiger partial charge on any atom is 0.161 e. The van der Waals surface area contributed by atoms with Crippen molar-refractivity contribution in [2.24, 2.45) is 0 Å². The summed E-state index contributed by atoms with van der Waals surface area (Å²) in [5.74, 6) is 1.63. The summed E-state index contributed by atoms with van der Waals surface area (Å²) >= 11 is 0. The van der Waals surface area contributed by atoms with Gasteiger partial charge in [-0.25, -0.2) is 0 Å². The normalized spacial score (nSPS) is 15.8. The summed E-state index contributed by atoms with van der Waals surface area (Å²) in [7, 11) is 1.93. The van der Waals surface area contributed by atoms with Crippen molar-refractivity contribution in [3.63, 3.8) is 0 Å². The van der Waals surface area contributed by atoms with Crippen molar-refractivity contribution in [1.29, 1.82) is 0 Å². The number of nitrogens with one attached hydrogen (secondary N) is 1. The average Bonchev–Trinajstić information content (AvgIpc) is 2.37. The van der Waals surface area contributed by atoms with Crippen molar-refractivity contribution in [2.75, 3.05) is 26.8 Å². The molecule has 2 rings (SSSR count). The van der Waals surface area contributed by atoms with Crippen LogP contribution >= 0.6 is 0 Å². The Morgan fingerprint density at radius 3 is 2.61 bits per heavy atom. The van der Waals surface area contributed by atoms with Gasteiger partial charge in [-0.3, -0.25) is 0 Å². The highest BCUT2D eigenvalue weighted by Gasteiger charge is 2.17. The van der Waals surface area contributed by atoms with Gasteiger partial charge in [0.05, 0.1) is 12.2 Å². The third kappa shape index (κ3) is 3.15. The highest BCUT2D eigenvalue weighted by molar-refractivity contribution is 5.44. The molecular weight excluding hydrogens is 230 g/mol. The fourth-order valence-electron chi connectivity index (χ4n) is 2.02. The number of fused-ring (bicyclic) bond motifs is 1. The molecule has 0 saturated heterocycles. The van der Waals surface area contributed by atoms with E-state index in [9.17, 15) is 0 Å². The van der Waals surface area contributed by atoms with Crippen LogP contribution in [0.1, 0.15) is 25.5 Å². The van der Waals surface area contributed by atoms with E-state index in [1.807, 2.05) is 39.1 Å². The lowest BCUT2D eigenvalue weighted by Gasteiger charge is -2.23. The van der Waals surface area contributed by atoms with Crippen LogP contribution in [0.25, 0.3) is 0 Å². The number of hydrogen-bond acceptors (Lipinski definition) is 4. The Balaban J connectivity index is 2.18. The predicted octanol–water partition coefficient (Wildman–Crippen LogP) is 2.14. The third-order valence-corrected chi connectivity index (χ3v) is 2.76. The molecule has 1 aliphatic rings. The second kappa shape index (κ2) is 6.07. The summed E-state index contributed by atoms with van der Waals surface area (Å²) in [6.07, 6.45) is 0.224. The van der Waals surface area contributed by atoms with Gasteiger partial charge >= 0.3 is 0 Å². The molecule has 0 saturated carbocycles. The SMILES string of the molecule is CNCC(OC(C)C)c1ccc2c(c1)OCCO2. The standard InChI is InChI=1S/C14H21NO3/c1-10(2)18-14(9-15-3)11-4-5-12-13(8-11)17-7-6-16-12/h4-5,8,10,14-15H,6-7,9H2,1-3H3. The first-order chi connectivity index (χ1) is 8.70. The number of ether oxygens (including phenoxy) is 3. The smallest absolute Gasteiger partial charge is 0.161 e. The lowest BCUT2D eigenvalue weighted by molar-refractivity contribution is 0.00788. The highest BCUT2D eigenvalue weighted by atomic mass is 16.6. The first-order valence-electron chi connectivity index (χ1n) is 6.40. The number of rotatable bonds is 5. The molecule has 4 heteroatoms. The molecule has 0 bridgehead atoms. The molecule has 1 aromatic rings. The summed E-state index contributed by atoms with van der Waals surface area (Å²) < 4.78 is 17.0. The average molecular weight is 251 g/mol. The number of hydrogen-bond donors (Lipinski definition) is 1. The second-order valence-electron chi connectivity index (χ2n) is 4.63. The maximum absolute atomic E-state index is 5.91. The van der Waals surface area contributed by atoms with E-state index in [2.05, 4.69) is 5.32 Å².